The first-order valence-corrected chi connectivity index (χ1v) is 12.1. The minimum absolute atomic E-state index is 0.0641. The van der Waals surface area contributed by atoms with Crippen LogP contribution in [0.25, 0.3) is 22.3 Å². The largest absolute Gasteiger partial charge is 0.451 e. The minimum Gasteiger partial charge on any atom is -0.382 e. The fourth-order valence-electron chi connectivity index (χ4n) is 4.07. The predicted octanol–water partition coefficient (Wildman–Crippen LogP) is 4.95. The highest BCUT2D eigenvalue weighted by Gasteiger charge is 2.37. The predicted molar refractivity (Wildman–Crippen MR) is 141 cm³/mol. The summed E-state index contributed by atoms with van der Waals surface area (Å²) < 4.78 is 79.1. The highest BCUT2D eigenvalue weighted by molar-refractivity contribution is 5.82. The van der Waals surface area contributed by atoms with Crippen LogP contribution in [0.3, 0.4) is 0 Å². The lowest BCUT2D eigenvalue weighted by atomic mass is 10.2. The molecule has 0 unspecified atom stereocenters. The molecule has 0 aliphatic rings. The van der Waals surface area contributed by atoms with Crippen LogP contribution in [-0.2, 0) is 25.4 Å². The number of fused-ring (bicyclic) bond motifs is 2. The summed E-state index contributed by atoms with van der Waals surface area (Å²) in [6.07, 6.45) is -6.48. The summed E-state index contributed by atoms with van der Waals surface area (Å²) >= 11 is 0. The lowest BCUT2D eigenvalue weighted by Gasteiger charge is -2.08. The SMILES string of the molecule is Nc1nc(C(F)(F)F)nc2ncn(Cc3ccccc3)c12.Nc1nc(C(F)(F)F)nc2ncn(Cc3ccccc3)c12. The van der Waals surface area contributed by atoms with Gasteiger partial charge in [-0.3, -0.25) is 0 Å². The quantitative estimate of drug-likeness (QED) is 0.277. The third-order valence-corrected chi connectivity index (χ3v) is 5.90. The summed E-state index contributed by atoms with van der Waals surface area (Å²) in [4.78, 5) is 21.3. The highest BCUT2D eigenvalue weighted by atomic mass is 19.4. The molecule has 10 nitrogen and oxygen atoms in total. The van der Waals surface area contributed by atoms with E-state index in [-0.39, 0.29) is 22.9 Å². The molecule has 216 valence electrons. The Morgan fingerprint density at radius 2 is 0.905 bits per heavy atom. The summed E-state index contributed by atoms with van der Waals surface area (Å²) in [5, 5.41) is 0. The Balaban J connectivity index is 0.000000168. The first kappa shape index (κ1) is 28.3. The topological polar surface area (TPSA) is 139 Å². The molecule has 0 aliphatic carbocycles. The summed E-state index contributed by atoms with van der Waals surface area (Å²) in [6.45, 7) is 0.854. The van der Waals surface area contributed by atoms with Crippen molar-refractivity contribution < 1.29 is 26.3 Å². The zero-order valence-electron chi connectivity index (χ0n) is 21.3. The number of rotatable bonds is 4. The van der Waals surface area contributed by atoms with E-state index in [9.17, 15) is 26.3 Å². The third kappa shape index (κ3) is 6.06. The number of halogens is 6. The average Bonchev–Trinajstić information content (AvgIpc) is 3.54. The van der Waals surface area contributed by atoms with E-state index < -0.39 is 24.0 Å². The molecule has 0 saturated heterocycles. The number of hydrogen-bond acceptors (Lipinski definition) is 8. The summed E-state index contributed by atoms with van der Waals surface area (Å²) in [5.41, 5.74) is 13.7. The Bertz CT molecular complexity index is 1690. The van der Waals surface area contributed by atoms with E-state index in [1.165, 1.54) is 12.7 Å². The molecular formula is C26H20F6N10. The number of imidazole rings is 2. The van der Waals surface area contributed by atoms with Crippen molar-refractivity contribution in [3.05, 3.63) is 96.1 Å². The Kier molecular flexibility index (Phi) is 7.36. The van der Waals surface area contributed by atoms with Crippen molar-refractivity contribution in [1.29, 1.82) is 0 Å². The van der Waals surface area contributed by atoms with E-state index in [4.69, 9.17) is 11.5 Å². The molecule has 0 spiro atoms. The van der Waals surface area contributed by atoms with Crippen molar-refractivity contribution >= 4 is 34.0 Å². The van der Waals surface area contributed by atoms with Crippen molar-refractivity contribution in [2.45, 2.75) is 25.4 Å². The average molecular weight is 587 g/mol. The van der Waals surface area contributed by atoms with Crippen LogP contribution < -0.4 is 11.5 Å². The van der Waals surface area contributed by atoms with Crippen LogP contribution in [0.15, 0.2) is 73.3 Å². The number of hydrogen-bond donors (Lipinski definition) is 2. The summed E-state index contributed by atoms with van der Waals surface area (Å²) in [7, 11) is 0. The molecular weight excluding hydrogens is 566 g/mol. The molecule has 0 atom stereocenters. The molecule has 6 aromatic rings. The number of anilines is 2. The number of aromatic nitrogens is 8. The molecule has 16 heteroatoms. The Morgan fingerprint density at radius 1 is 0.548 bits per heavy atom. The Hall–Kier alpha value is -5.28. The first-order valence-electron chi connectivity index (χ1n) is 12.1. The molecule has 0 fully saturated rings. The molecule has 2 aromatic carbocycles. The van der Waals surface area contributed by atoms with Gasteiger partial charge in [-0.15, -0.1) is 0 Å². The summed E-state index contributed by atoms with van der Waals surface area (Å²) in [6, 6.07) is 18.8. The fraction of sp³-hybridized carbons (Fsp3) is 0.154. The maximum atomic E-state index is 12.6. The van der Waals surface area contributed by atoms with E-state index in [0.29, 0.717) is 24.1 Å². The number of alkyl halides is 6. The van der Waals surface area contributed by atoms with Crippen LogP contribution in [0.4, 0.5) is 38.0 Å². The minimum atomic E-state index is -4.65. The molecule has 4 N–H and O–H groups in total. The van der Waals surface area contributed by atoms with Gasteiger partial charge in [0.05, 0.1) is 12.7 Å². The van der Waals surface area contributed by atoms with Gasteiger partial charge in [0.15, 0.2) is 22.9 Å². The van der Waals surface area contributed by atoms with Crippen molar-refractivity contribution in [2.75, 3.05) is 11.5 Å². The van der Waals surface area contributed by atoms with Gasteiger partial charge in [-0.2, -0.15) is 26.3 Å². The number of nitrogen functional groups attached to an aromatic ring is 2. The Morgan fingerprint density at radius 3 is 1.24 bits per heavy atom. The first-order chi connectivity index (χ1) is 19.9. The summed E-state index contributed by atoms with van der Waals surface area (Å²) in [5.74, 6) is -3.03. The van der Waals surface area contributed by atoms with Crippen LogP contribution in [-0.4, -0.2) is 39.0 Å². The normalized spacial score (nSPS) is 12.0. The van der Waals surface area contributed by atoms with Crippen molar-refractivity contribution in [3.63, 3.8) is 0 Å². The zero-order chi connectivity index (χ0) is 30.1. The molecule has 0 bridgehead atoms. The van der Waals surface area contributed by atoms with Gasteiger partial charge in [-0.05, 0) is 11.1 Å². The molecule has 0 radical (unpaired) electrons. The van der Waals surface area contributed by atoms with E-state index in [0.717, 1.165) is 11.1 Å². The second-order valence-corrected chi connectivity index (χ2v) is 8.92. The maximum Gasteiger partial charge on any atom is 0.451 e. The smallest absolute Gasteiger partial charge is 0.382 e. The van der Waals surface area contributed by atoms with E-state index in [1.54, 1.807) is 9.13 Å². The molecule has 4 heterocycles. The standard InChI is InChI=1S/2C13H10F3N5/c2*14-13(15,16)12-19-10(17)9-11(20-12)18-7-21(9)6-8-4-2-1-3-5-8/h2*1-5,7H,6H2,(H2,17,19,20). The van der Waals surface area contributed by atoms with Crippen molar-refractivity contribution in [2.24, 2.45) is 0 Å². The third-order valence-electron chi connectivity index (χ3n) is 5.90. The molecule has 0 aliphatic heterocycles. The Labute approximate surface area is 232 Å². The molecule has 0 saturated carbocycles. The molecule has 6 rings (SSSR count). The maximum absolute atomic E-state index is 12.6. The van der Waals surface area contributed by atoms with Crippen LogP contribution >= 0.6 is 0 Å². The number of nitrogens with zero attached hydrogens (tertiary/aromatic N) is 8. The fourth-order valence-corrected chi connectivity index (χ4v) is 4.07. The zero-order valence-corrected chi connectivity index (χ0v) is 21.3. The van der Waals surface area contributed by atoms with Gasteiger partial charge < -0.3 is 20.6 Å². The van der Waals surface area contributed by atoms with Crippen LogP contribution in [0, 0.1) is 0 Å². The van der Waals surface area contributed by atoms with Crippen LogP contribution in [0.2, 0.25) is 0 Å². The molecule has 0 amide bonds. The lowest BCUT2D eigenvalue weighted by molar-refractivity contribution is -0.145. The van der Waals surface area contributed by atoms with E-state index >= 15 is 0 Å². The van der Waals surface area contributed by atoms with Gasteiger partial charge in [0, 0.05) is 13.1 Å². The van der Waals surface area contributed by atoms with Gasteiger partial charge in [0.25, 0.3) is 0 Å². The van der Waals surface area contributed by atoms with Gasteiger partial charge in [0.1, 0.15) is 11.0 Å². The highest BCUT2D eigenvalue weighted by Crippen LogP contribution is 2.30. The van der Waals surface area contributed by atoms with Crippen molar-refractivity contribution in [1.82, 2.24) is 39.0 Å². The van der Waals surface area contributed by atoms with Crippen LogP contribution in [0.5, 0.6) is 0 Å². The van der Waals surface area contributed by atoms with Gasteiger partial charge in [0.2, 0.25) is 11.6 Å². The van der Waals surface area contributed by atoms with Gasteiger partial charge >= 0.3 is 12.4 Å². The number of benzene rings is 2. The van der Waals surface area contributed by atoms with E-state index in [1.807, 2.05) is 60.7 Å². The second-order valence-electron chi connectivity index (χ2n) is 8.92. The molecule has 4 aromatic heterocycles. The van der Waals surface area contributed by atoms with Gasteiger partial charge in [-0.1, -0.05) is 60.7 Å². The monoisotopic (exact) mass is 586 g/mol. The van der Waals surface area contributed by atoms with Crippen molar-refractivity contribution in [3.8, 4) is 0 Å². The lowest BCUT2D eigenvalue weighted by Crippen LogP contribution is -2.13. The second kappa shape index (κ2) is 10.9. The van der Waals surface area contributed by atoms with Gasteiger partial charge in [-0.25, -0.2) is 29.9 Å². The number of nitrogens with two attached hydrogens (primary N) is 2. The van der Waals surface area contributed by atoms with E-state index in [2.05, 4.69) is 29.9 Å². The van der Waals surface area contributed by atoms with Crippen LogP contribution in [0.1, 0.15) is 22.8 Å². The molecule has 42 heavy (non-hydrogen) atoms.